The van der Waals surface area contributed by atoms with Gasteiger partial charge in [0.25, 0.3) is 0 Å². The van der Waals surface area contributed by atoms with Gasteiger partial charge in [0, 0.05) is 58.4 Å². The van der Waals surface area contributed by atoms with Crippen LogP contribution in [0.15, 0.2) is 157 Å². The third kappa shape index (κ3) is 4.01. The van der Waals surface area contributed by atoms with Gasteiger partial charge < -0.3 is 4.40 Å². The van der Waals surface area contributed by atoms with Gasteiger partial charge in [-0.25, -0.2) is 15.0 Å². The Balaban J connectivity index is 1.29. The first kappa shape index (κ1) is 12.5. The quantitative estimate of drug-likeness (QED) is 0.186. The minimum absolute atomic E-state index is 0.0113. The summed E-state index contributed by atoms with van der Waals surface area (Å²) < 4.78 is 232. The molecule has 4 heterocycles. The van der Waals surface area contributed by atoms with Crippen LogP contribution in [0.4, 0.5) is 0 Å². The molecule has 7 aromatic carbocycles. The molecule has 0 bridgehead atoms. The number of aromatic nitrogens is 4. The SMILES string of the molecule is [2H]c1c([2H])c([2H])c(-c2nc(-c3c([2H])c([2H])c([2H])c([2H])c3[2H])nc(-c3c([2H])c([2H])c([2H])c(-c4c([2H])c([2H])c5sc6c(c([2H])c7c8c([2H])c([2H])c([2H])c([2H])c8n8c9c([2H])c([2H])c([2H])c([2H])c9c6c78)c5c4[2H])c3[2H])n2)c([2H])c1[2H]. The highest BCUT2D eigenvalue weighted by molar-refractivity contribution is 7.26. The second-order valence-corrected chi connectivity index (χ2v) is 11.8. The summed E-state index contributed by atoms with van der Waals surface area (Å²) in [5.41, 5.74) is -4.01. The summed E-state index contributed by atoms with van der Waals surface area (Å²) in [7, 11) is 0. The van der Waals surface area contributed by atoms with Crippen molar-refractivity contribution in [1.29, 1.82) is 0 Å². The molecule has 0 amide bonds. The van der Waals surface area contributed by atoms with E-state index in [1.165, 1.54) is 4.40 Å². The van der Waals surface area contributed by atoms with Gasteiger partial charge in [0.1, 0.15) is 0 Å². The molecular weight excluding hydrogens is 629 g/mol. The molecule has 5 heteroatoms. The molecular formula is C45H26N4S. The van der Waals surface area contributed by atoms with Crippen LogP contribution in [0, 0.1) is 0 Å². The summed E-state index contributed by atoms with van der Waals surface area (Å²) in [5.74, 6) is -2.40. The molecule has 232 valence electrons. The maximum atomic E-state index is 9.87. The molecule has 0 saturated heterocycles. The monoisotopic (exact) mass is 680 g/mol. The lowest BCUT2D eigenvalue weighted by Gasteiger charge is -2.10. The first-order valence-electron chi connectivity index (χ1n) is 27.7. The number of thiophene rings is 1. The molecule has 4 nitrogen and oxygen atoms in total. The van der Waals surface area contributed by atoms with Gasteiger partial charge >= 0.3 is 0 Å². The molecule has 0 atom stereocenters. The average molecular weight is 681 g/mol. The highest BCUT2D eigenvalue weighted by Crippen LogP contribution is 2.48. The van der Waals surface area contributed by atoms with Gasteiger partial charge in [-0.05, 0) is 47.4 Å². The number of hydrogen-bond donors (Lipinski definition) is 0. The van der Waals surface area contributed by atoms with Crippen LogP contribution in [-0.2, 0) is 0 Å². The molecule has 0 aliphatic heterocycles. The van der Waals surface area contributed by atoms with E-state index in [2.05, 4.69) is 15.0 Å². The molecule has 11 rings (SSSR count). The molecule has 0 radical (unpaired) electrons. The number of rotatable bonds is 4. The maximum Gasteiger partial charge on any atom is 0.164 e. The molecule has 0 saturated carbocycles. The zero-order valence-electron chi connectivity index (χ0n) is 50.7. The van der Waals surface area contributed by atoms with E-state index in [1.807, 2.05) is 0 Å². The summed E-state index contributed by atoms with van der Waals surface area (Å²) in [4.78, 5) is 12.8. The second-order valence-electron chi connectivity index (χ2n) is 10.8. The molecule has 4 aromatic heterocycles. The summed E-state index contributed by atoms with van der Waals surface area (Å²) in [6, 6.07) is -20.1. The smallest absolute Gasteiger partial charge is 0.164 e. The van der Waals surface area contributed by atoms with Crippen molar-refractivity contribution in [3.05, 3.63) is 157 Å². The summed E-state index contributed by atoms with van der Waals surface area (Å²) in [6.07, 6.45) is 0. The van der Waals surface area contributed by atoms with E-state index in [9.17, 15) is 8.22 Å². The van der Waals surface area contributed by atoms with Gasteiger partial charge in [-0.2, -0.15) is 0 Å². The molecule has 0 fully saturated rings. The molecule has 0 spiro atoms. The Morgan fingerprint density at radius 3 is 1.70 bits per heavy atom. The van der Waals surface area contributed by atoms with E-state index in [0.717, 1.165) is 11.3 Å². The predicted molar refractivity (Wildman–Crippen MR) is 209 cm³/mol. The van der Waals surface area contributed by atoms with Crippen LogP contribution in [0.1, 0.15) is 35.6 Å². The Morgan fingerprint density at radius 1 is 0.420 bits per heavy atom. The molecule has 50 heavy (non-hydrogen) atoms. The lowest BCUT2D eigenvalue weighted by Crippen LogP contribution is -2.00. The molecule has 11 aromatic rings. The average Bonchev–Trinajstić information content (AvgIpc) is 4.09. The third-order valence-corrected chi connectivity index (χ3v) is 9.22. The Morgan fingerprint density at radius 2 is 0.980 bits per heavy atom. The topological polar surface area (TPSA) is 43.1 Å². The second kappa shape index (κ2) is 10.5. The normalized spacial score (nSPS) is 19.3. The van der Waals surface area contributed by atoms with Gasteiger partial charge in [0.05, 0.1) is 52.2 Å². The predicted octanol–water partition coefficient (Wildman–Crippen LogP) is 12.1. The first-order valence-corrected chi connectivity index (χ1v) is 15.5. The summed E-state index contributed by atoms with van der Waals surface area (Å²) in [6.45, 7) is 0. The fourth-order valence-corrected chi connectivity index (χ4v) is 7.16. The van der Waals surface area contributed by atoms with Crippen molar-refractivity contribution < 1.29 is 35.6 Å². The lowest BCUT2D eigenvalue weighted by molar-refractivity contribution is 1.07. The van der Waals surface area contributed by atoms with Crippen LogP contribution in [-0.4, -0.2) is 19.4 Å². The van der Waals surface area contributed by atoms with E-state index in [4.69, 9.17) is 27.4 Å². The van der Waals surface area contributed by atoms with Crippen molar-refractivity contribution >= 4 is 69.6 Å². The Labute approximate surface area is 327 Å². The highest BCUT2D eigenvalue weighted by Gasteiger charge is 2.22. The van der Waals surface area contributed by atoms with Gasteiger partial charge in [0.2, 0.25) is 0 Å². The van der Waals surface area contributed by atoms with Crippen molar-refractivity contribution in [2.45, 2.75) is 0 Å². The van der Waals surface area contributed by atoms with Crippen LogP contribution < -0.4 is 0 Å². The third-order valence-electron chi connectivity index (χ3n) is 8.10. The maximum absolute atomic E-state index is 9.87. The van der Waals surface area contributed by atoms with Gasteiger partial charge in [-0.15, -0.1) is 11.3 Å². The van der Waals surface area contributed by atoms with E-state index in [1.54, 1.807) is 0 Å². The zero-order valence-corrected chi connectivity index (χ0v) is 25.5. The molecule has 0 unspecified atom stereocenters. The fraction of sp³-hybridized carbons (Fsp3) is 0. The summed E-state index contributed by atoms with van der Waals surface area (Å²) in [5, 5.41) is -0.915. The Bertz CT molecular complexity index is 4460. The minimum atomic E-state index is -0.987. The zero-order chi connectivity index (χ0) is 55.4. The van der Waals surface area contributed by atoms with E-state index >= 15 is 0 Å². The van der Waals surface area contributed by atoms with Crippen LogP contribution >= 0.6 is 11.3 Å². The lowest BCUT2D eigenvalue weighted by atomic mass is 9.99. The van der Waals surface area contributed by atoms with Crippen molar-refractivity contribution in [2.75, 3.05) is 0 Å². The van der Waals surface area contributed by atoms with Crippen LogP contribution in [0.3, 0.4) is 0 Å². The fourth-order valence-electron chi connectivity index (χ4n) is 6.05. The largest absolute Gasteiger partial charge is 0.308 e. The van der Waals surface area contributed by atoms with Gasteiger partial charge in [0.15, 0.2) is 17.5 Å². The number of nitrogens with zero attached hydrogens (tertiary/aromatic N) is 4. The van der Waals surface area contributed by atoms with Crippen LogP contribution in [0.2, 0.25) is 0 Å². The van der Waals surface area contributed by atoms with Gasteiger partial charge in [-0.1, -0.05) is 121 Å². The van der Waals surface area contributed by atoms with Crippen LogP contribution in [0.25, 0.3) is 104 Å². The Hall–Kier alpha value is -6.43. The van der Waals surface area contributed by atoms with E-state index < -0.39 is 202 Å². The van der Waals surface area contributed by atoms with Crippen LogP contribution in [0.5, 0.6) is 0 Å². The van der Waals surface area contributed by atoms with Crippen molar-refractivity contribution in [1.82, 2.24) is 19.4 Å². The van der Waals surface area contributed by atoms with Gasteiger partial charge in [-0.3, -0.25) is 0 Å². The number of hydrogen-bond acceptors (Lipinski definition) is 4. The number of benzene rings is 7. The van der Waals surface area contributed by atoms with Crippen molar-refractivity contribution in [3.8, 4) is 45.3 Å². The van der Waals surface area contributed by atoms with E-state index in [-0.39, 0.29) is 58.3 Å². The Kier molecular flexibility index (Phi) is 2.63. The van der Waals surface area contributed by atoms with E-state index in [0.29, 0.717) is 0 Å². The molecule has 0 aliphatic rings. The minimum Gasteiger partial charge on any atom is -0.308 e. The first-order chi connectivity index (χ1) is 35.6. The number of para-hydroxylation sites is 2. The standard InChI is InChI=1S/C45H26N4S/c1-3-12-27(13-4-1)43-46-44(28-14-5-2-6-15-28)48-45(47-43)31-17-11-16-29(24-31)30-22-23-39-34(25-30)36-26-35-32-18-7-9-20-37(32)49-38-21-10-8-19-33(38)40(41(35)49)42(36)50-39/h1-26H/i1D,2D,3D,4D,5D,6D,7D,8D,9D,10D,11D,12D,13D,14D,15D,16D,17D,18D,19D,20D,21D,22D,23D,24D,25D,26D. The summed E-state index contributed by atoms with van der Waals surface area (Å²) >= 11 is 0.763. The molecule has 0 aliphatic carbocycles. The van der Waals surface area contributed by atoms with Crippen molar-refractivity contribution in [3.63, 3.8) is 0 Å². The molecule has 0 N–H and O–H groups in total. The highest BCUT2D eigenvalue weighted by atomic mass is 32.1. The van der Waals surface area contributed by atoms with Crippen molar-refractivity contribution in [2.24, 2.45) is 0 Å². The number of fused-ring (bicyclic) bond motifs is 10.